The highest BCUT2D eigenvalue weighted by molar-refractivity contribution is 7.98. The average molecular weight is 718 g/mol. The van der Waals surface area contributed by atoms with Crippen molar-refractivity contribution in [3.8, 4) is 0 Å². The smallest absolute Gasteiger partial charge is 0.434 e. The van der Waals surface area contributed by atoms with Gasteiger partial charge < -0.3 is 24.1 Å². The molecule has 15 heteroatoms. The maximum atomic E-state index is 13.6. The predicted octanol–water partition coefficient (Wildman–Crippen LogP) is 6.50. The highest BCUT2D eigenvalue weighted by atomic mass is 32.2. The molecule has 2 atom stereocenters. The summed E-state index contributed by atoms with van der Waals surface area (Å²) < 4.78 is 22.4. The lowest BCUT2D eigenvalue weighted by molar-refractivity contribution is -0.171. The largest absolute Gasteiger partial charge is 0.476 e. The number of carbonyl (C=O) groups excluding carboxylic acids is 5. The first kappa shape index (κ1) is 41.5. The Balaban J connectivity index is 2.86. The number of carbonyl (C=O) groups is 6. The number of rotatable bonds is 10. The van der Waals surface area contributed by atoms with E-state index in [0.717, 1.165) is 6.08 Å². The van der Waals surface area contributed by atoms with Gasteiger partial charge in [-0.05, 0) is 99.8 Å². The lowest BCUT2D eigenvalue weighted by Gasteiger charge is -2.36. The first-order valence-electron chi connectivity index (χ1n) is 15.7. The van der Waals surface area contributed by atoms with Crippen LogP contribution in [-0.4, -0.2) is 86.2 Å². The number of amides is 4. The Labute approximate surface area is 296 Å². The van der Waals surface area contributed by atoms with Crippen LogP contribution in [0.15, 0.2) is 58.9 Å². The number of hydrogen-bond donors (Lipinski definition) is 2. The summed E-state index contributed by atoms with van der Waals surface area (Å²) in [6, 6.07) is 7.64. The monoisotopic (exact) mass is 717 g/mol. The van der Waals surface area contributed by atoms with E-state index in [2.05, 4.69) is 10.3 Å². The summed E-state index contributed by atoms with van der Waals surface area (Å²) in [5, 5.41) is 12.8. The molecule has 0 saturated carbocycles. The number of carboxylic acids is 1. The molecule has 2 N–H and O–H groups in total. The quantitative estimate of drug-likeness (QED) is 0.152. The maximum Gasteiger partial charge on any atom is 0.434 e. The van der Waals surface area contributed by atoms with E-state index < -0.39 is 64.4 Å². The summed E-state index contributed by atoms with van der Waals surface area (Å²) in [6.45, 7) is 15.7. The van der Waals surface area contributed by atoms with Gasteiger partial charge in [-0.3, -0.25) is 14.9 Å². The second kappa shape index (κ2) is 16.4. The third-order valence-corrected chi connectivity index (χ3v) is 6.94. The topological polar surface area (TPSA) is 187 Å². The van der Waals surface area contributed by atoms with Gasteiger partial charge >= 0.3 is 30.0 Å². The number of carboxylic acid groups (broad SMARTS) is 1. The molecular formula is C35H47N3O11S. The van der Waals surface area contributed by atoms with Crippen LogP contribution in [0.3, 0.4) is 0 Å². The van der Waals surface area contributed by atoms with E-state index in [4.69, 9.17) is 18.9 Å². The van der Waals surface area contributed by atoms with Crippen molar-refractivity contribution < 1.29 is 52.8 Å². The molecule has 0 fully saturated rings. The molecule has 2 unspecified atom stereocenters. The van der Waals surface area contributed by atoms with Gasteiger partial charge in [0.25, 0.3) is 5.91 Å². The summed E-state index contributed by atoms with van der Waals surface area (Å²) in [4.78, 5) is 84.8. The summed E-state index contributed by atoms with van der Waals surface area (Å²) in [5.41, 5.74) is -6.58. The van der Waals surface area contributed by atoms with Crippen LogP contribution in [0.1, 0.15) is 86.0 Å². The third-order valence-electron chi connectivity index (χ3n) is 6.33. The molecule has 0 spiro atoms. The van der Waals surface area contributed by atoms with Crippen molar-refractivity contribution in [2.75, 3.05) is 12.0 Å². The number of ketones is 1. The van der Waals surface area contributed by atoms with E-state index >= 15 is 0 Å². The molecule has 14 nitrogen and oxygen atoms in total. The van der Waals surface area contributed by atoms with Crippen molar-refractivity contribution in [1.82, 2.24) is 10.2 Å². The van der Waals surface area contributed by atoms with Crippen molar-refractivity contribution >= 4 is 53.4 Å². The Morgan fingerprint density at radius 1 is 0.840 bits per heavy atom. The number of hydrogen-bond acceptors (Lipinski definition) is 11. The number of imide groups is 1. The molecule has 0 bridgehead atoms. The van der Waals surface area contributed by atoms with Gasteiger partial charge in [-0.2, -0.15) is 21.7 Å². The second-order valence-corrected chi connectivity index (χ2v) is 15.2. The molecule has 0 saturated heterocycles. The minimum absolute atomic E-state index is 0.0600. The number of thioether (sulfide) groups is 1. The number of aliphatic imine (C=N–C) groups is 1. The predicted molar refractivity (Wildman–Crippen MR) is 187 cm³/mol. The van der Waals surface area contributed by atoms with Gasteiger partial charge in [0.2, 0.25) is 5.78 Å². The van der Waals surface area contributed by atoms with E-state index in [1.165, 1.54) is 36.9 Å². The van der Waals surface area contributed by atoms with Gasteiger partial charge in [-0.25, -0.2) is 19.2 Å². The highest BCUT2D eigenvalue weighted by Gasteiger charge is 2.52. The van der Waals surface area contributed by atoms with Crippen LogP contribution in [0.5, 0.6) is 0 Å². The minimum Gasteiger partial charge on any atom is -0.476 e. The van der Waals surface area contributed by atoms with Gasteiger partial charge in [0.1, 0.15) is 22.6 Å². The van der Waals surface area contributed by atoms with Crippen molar-refractivity contribution in [2.45, 2.75) is 98.2 Å². The van der Waals surface area contributed by atoms with Gasteiger partial charge in [0.05, 0.1) is 17.3 Å². The number of Topliss-reactive ketones (excluding diaryl/α,β-unsaturated/α-hetero) is 1. The summed E-state index contributed by atoms with van der Waals surface area (Å²) in [7, 11) is 0. The highest BCUT2D eigenvalue weighted by Crippen LogP contribution is 2.32. The Morgan fingerprint density at radius 3 is 1.82 bits per heavy atom. The maximum absolute atomic E-state index is 13.6. The van der Waals surface area contributed by atoms with Crippen molar-refractivity contribution in [3.63, 3.8) is 0 Å². The fraction of sp³-hybridized carbons (Fsp3) is 0.514. The van der Waals surface area contributed by atoms with Crippen LogP contribution in [-0.2, 0) is 28.5 Å². The Kier molecular flexibility index (Phi) is 13.6. The van der Waals surface area contributed by atoms with Crippen LogP contribution in [0.4, 0.5) is 14.4 Å². The molecule has 274 valence electrons. The molecule has 4 amide bonds. The zero-order valence-corrected chi connectivity index (χ0v) is 31.2. The van der Waals surface area contributed by atoms with Crippen molar-refractivity contribution in [1.29, 1.82) is 0 Å². The molecule has 2 rings (SSSR count). The summed E-state index contributed by atoms with van der Waals surface area (Å²) in [6.07, 6.45) is 0.336. The average Bonchev–Trinajstić information content (AvgIpc) is 2.96. The van der Waals surface area contributed by atoms with Crippen LogP contribution < -0.4 is 5.32 Å². The van der Waals surface area contributed by atoms with Crippen LogP contribution >= 0.6 is 11.8 Å². The van der Waals surface area contributed by atoms with Crippen molar-refractivity contribution in [2.24, 2.45) is 10.9 Å². The first-order valence-corrected chi connectivity index (χ1v) is 17.1. The molecule has 0 aromatic heterocycles. The number of benzene rings is 1. The molecule has 1 aromatic rings. The van der Waals surface area contributed by atoms with Crippen LogP contribution in [0, 0.1) is 5.92 Å². The fourth-order valence-electron chi connectivity index (χ4n) is 4.22. The molecule has 1 aliphatic carbocycles. The van der Waals surface area contributed by atoms with E-state index in [-0.39, 0.29) is 34.9 Å². The van der Waals surface area contributed by atoms with E-state index in [1.54, 1.807) is 86.8 Å². The van der Waals surface area contributed by atoms with Gasteiger partial charge in [0, 0.05) is 17.7 Å². The molecular weight excluding hydrogens is 670 g/mol. The Bertz CT molecular complexity index is 1540. The van der Waals surface area contributed by atoms with Gasteiger partial charge in [0.15, 0.2) is 0 Å². The molecule has 0 radical (unpaired) electrons. The second-order valence-electron chi connectivity index (χ2n) is 14.2. The first-order chi connectivity index (χ1) is 22.9. The zero-order valence-electron chi connectivity index (χ0n) is 30.4. The molecule has 1 aliphatic rings. The number of nitrogens with zero attached hydrogens (tertiary/aromatic N) is 2. The lowest BCUT2D eigenvalue weighted by Crippen LogP contribution is -2.62. The molecule has 0 heterocycles. The lowest BCUT2D eigenvalue weighted by atomic mass is 9.93. The van der Waals surface area contributed by atoms with Gasteiger partial charge in [-0.15, -0.1) is 0 Å². The SMILES string of the molecule is CSCCC(=O)C(NC(=O)c1ccccc1)(OC1=CC=C(N(C(=O)OC(C)(C)C)C(=O)OC(C)(C)C)C(=NC(=O)OC(C)(C)C)C1C)C(=O)O. The van der Waals surface area contributed by atoms with E-state index in [9.17, 15) is 33.9 Å². The zero-order chi connectivity index (χ0) is 38.2. The Hall–Kier alpha value is -4.66. The molecule has 50 heavy (non-hydrogen) atoms. The van der Waals surface area contributed by atoms with Crippen molar-refractivity contribution in [3.05, 3.63) is 59.5 Å². The summed E-state index contributed by atoms with van der Waals surface area (Å²) >= 11 is 1.28. The standard InChI is InChI=1S/C35H47N3O11S/c1-21-24(46-35(28(41)42,25(39)19-20-50-11)37-27(40)22-15-13-12-14-16-22)18-17-23(26(21)36-29(43)47-32(2,3)4)38(30(44)48-33(5,6)7)31(45)49-34(8,9)10/h12-18,21H,19-20H2,1-11H3,(H,37,40)(H,41,42). The van der Waals surface area contributed by atoms with Crippen LogP contribution in [0.2, 0.25) is 0 Å². The molecule has 1 aromatic carbocycles. The summed E-state index contributed by atoms with van der Waals surface area (Å²) in [5.74, 6) is -4.96. The van der Waals surface area contributed by atoms with E-state index in [1.807, 2.05) is 0 Å². The van der Waals surface area contributed by atoms with Gasteiger partial charge in [-0.1, -0.05) is 18.2 Å². The fourth-order valence-corrected chi connectivity index (χ4v) is 4.61. The molecule has 0 aliphatic heterocycles. The third kappa shape index (κ3) is 11.7. The number of ether oxygens (including phenoxy) is 4. The normalized spacial score (nSPS) is 16.9. The Morgan fingerprint density at radius 2 is 1.36 bits per heavy atom. The number of aliphatic carboxylic acids is 1. The number of nitrogens with one attached hydrogen (secondary N) is 1. The minimum atomic E-state index is -2.93. The van der Waals surface area contributed by atoms with E-state index in [0.29, 0.717) is 4.90 Å². The van der Waals surface area contributed by atoms with Crippen LogP contribution in [0.25, 0.3) is 0 Å². The number of allylic oxidation sites excluding steroid dienone is 4.